The molecule has 154 valence electrons. The lowest BCUT2D eigenvalue weighted by molar-refractivity contribution is -0.116. The van der Waals surface area contributed by atoms with E-state index in [0.29, 0.717) is 6.54 Å². The van der Waals surface area contributed by atoms with E-state index in [1.165, 1.54) is 5.69 Å². The number of carbonyl (C=O) groups excluding carboxylic acids is 1. The number of hydrogen-bond acceptors (Lipinski definition) is 5. The van der Waals surface area contributed by atoms with Crippen molar-refractivity contribution in [1.82, 2.24) is 4.90 Å². The molecule has 0 aliphatic carbocycles. The van der Waals surface area contributed by atoms with E-state index >= 15 is 0 Å². The van der Waals surface area contributed by atoms with Gasteiger partial charge in [-0.2, -0.15) is 0 Å². The average Bonchev–Trinajstić information content (AvgIpc) is 3.18. The van der Waals surface area contributed by atoms with Crippen molar-refractivity contribution in [3.63, 3.8) is 0 Å². The number of piperazine rings is 1. The summed E-state index contributed by atoms with van der Waals surface area (Å²) in [5.41, 5.74) is 4.25. The second-order valence-electron chi connectivity index (χ2n) is 7.81. The molecule has 2 aliphatic heterocycles. The minimum Gasteiger partial charge on any atom is -0.497 e. The van der Waals surface area contributed by atoms with E-state index in [9.17, 15) is 9.90 Å². The van der Waals surface area contributed by atoms with E-state index in [1.54, 1.807) is 14.0 Å². The molecule has 2 aromatic rings. The fourth-order valence-corrected chi connectivity index (χ4v) is 4.30. The van der Waals surface area contributed by atoms with Crippen molar-refractivity contribution >= 4 is 17.3 Å². The molecule has 0 radical (unpaired) electrons. The van der Waals surface area contributed by atoms with Crippen molar-refractivity contribution in [2.24, 2.45) is 0 Å². The molecule has 1 amide bonds. The first-order valence-corrected chi connectivity index (χ1v) is 10.3. The van der Waals surface area contributed by atoms with Crippen LogP contribution in [0.2, 0.25) is 0 Å². The number of β-amino-alcohol motifs (C(OH)–C–C–N with tert-alkyl or cyclic N) is 1. The second-order valence-corrected chi connectivity index (χ2v) is 7.81. The van der Waals surface area contributed by atoms with Crippen molar-refractivity contribution < 1.29 is 14.6 Å². The van der Waals surface area contributed by atoms with Crippen LogP contribution in [-0.4, -0.2) is 62.3 Å². The van der Waals surface area contributed by atoms with Crippen molar-refractivity contribution in [2.75, 3.05) is 56.2 Å². The van der Waals surface area contributed by atoms with Crippen LogP contribution in [0, 0.1) is 0 Å². The van der Waals surface area contributed by atoms with Crippen molar-refractivity contribution in [2.45, 2.75) is 19.4 Å². The number of fused-ring (bicyclic) bond motifs is 1. The predicted octanol–water partition coefficient (Wildman–Crippen LogP) is 2.46. The van der Waals surface area contributed by atoms with Gasteiger partial charge in [-0.25, -0.2) is 0 Å². The maximum Gasteiger partial charge on any atom is 0.223 e. The maximum atomic E-state index is 11.7. The Morgan fingerprint density at radius 2 is 1.90 bits per heavy atom. The molecule has 1 N–H and O–H groups in total. The summed E-state index contributed by atoms with van der Waals surface area (Å²) in [6.07, 6.45) is 0.337. The highest BCUT2D eigenvalue weighted by Crippen LogP contribution is 2.31. The number of hydrogen-bond donors (Lipinski definition) is 1. The van der Waals surface area contributed by atoms with Gasteiger partial charge in [0.25, 0.3) is 0 Å². The van der Waals surface area contributed by atoms with E-state index in [4.69, 9.17) is 4.74 Å². The summed E-state index contributed by atoms with van der Waals surface area (Å²) in [6.45, 7) is 6.64. The molecule has 2 aromatic carbocycles. The first-order valence-electron chi connectivity index (χ1n) is 10.3. The van der Waals surface area contributed by atoms with Gasteiger partial charge in [-0.3, -0.25) is 9.69 Å². The van der Waals surface area contributed by atoms with Gasteiger partial charge in [-0.05, 0) is 35.7 Å². The maximum absolute atomic E-state index is 11.7. The molecule has 2 aliphatic rings. The Labute approximate surface area is 172 Å². The van der Waals surface area contributed by atoms with Gasteiger partial charge >= 0.3 is 0 Å². The fraction of sp³-hybridized carbons (Fsp3) is 0.435. The first kappa shape index (κ1) is 19.7. The number of carbonyl (C=O) groups is 1. The average molecular weight is 396 g/mol. The molecule has 1 fully saturated rings. The lowest BCUT2D eigenvalue weighted by Gasteiger charge is -2.37. The Balaban J connectivity index is 1.34. The van der Waals surface area contributed by atoms with Gasteiger partial charge in [0, 0.05) is 63.6 Å². The third-order valence-corrected chi connectivity index (χ3v) is 5.99. The molecule has 0 spiro atoms. The van der Waals surface area contributed by atoms with E-state index < -0.39 is 6.10 Å². The van der Waals surface area contributed by atoms with Gasteiger partial charge in [0.05, 0.1) is 13.2 Å². The number of benzene rings is 2. The standard InChI is InChI=1S/C23H29N3O3/c1-17(27)26-9-8-18-14-19(6-7-22(18)26)23(28)16-24-10-12-25(13-11-24)20-4-3-5-21(15-20)29-2/h3-7,14-15,23,28H,8-13,16H2,1-2H3. The lowest BCUT2D eigenvalue weighted by Crippen LogP contribution is -2.47. The molecular formula is C23H29N3O3. The van der Waals surface area contributed by atoms with Crippen LogP contribution >= 0.6 is 0 Å². The Bertz CT molecular complexity index is 877. The molecule has 1 saturated heterocycles. The quantitative estimate of drug-likeness (QED) is 0.843. The normalized spacial score (nSPS) is 17.9. The van der Waals surface area contributed by atoms with Crippen LogP contribution < -0.4 is 14.5 Å². The number of anilines is 2. The van der Waals surface area contributed by atoms with Gasteiger partial charge in [-0.1, -0.05) is 18.2 Å². The summed E-state index contributed by atoms with van der Waals surface area (Å²) in [5, 5.41) is 10.8. The fourth-order valence-electron chi connectivity index (χ4n) is 4.30. The van der Waals surface area contributed by atoms with Crippen LogP contribution in [0.3, 0.4) is 0 Å². The molecule has 29 heavy (non-hydrogen) atoms. The Kier molecular flexibility index (Phi) is 5.74. The number of methoxy groups -OCH3 is 1. The highest BCUT2D eigenvalue weighted by molar-refractivity contribution is 5.93. The summed E-state index contributed by atoms with van der Waals surface area (Å²) in [4.78, 5) is 18.2. The summed E-state index contributed by atoms with van der Waals surface area (Å²) in [7, 11) is 1.69. The van der Waals surface area contributed by atoms with Crippen LogP contribution in [0.4, 0.5) is 11.4 Å². The molecule has 6 heteroatoms. The molecule has 0 saturated carbocycles. The van der Waals surface area contributed by atoms with Crippen molar-refractivity contribution in [1.29, 1.82) is 0 Å². The van der Waals surface area contributed by atoms with Crippen molar-refractivity contribution in [3.05, 3.63) is 53.6 Å². The zero-order valence-electron chi connectivity index (χ0n) is 17.2. The number of rotatable bonds is 5. The monoisotopic (exact) mass is 395 g/mol. The smallest absolute Gasteiger partial charge is 0.223 e. The SMILES string of the molecule is COc1cccc(N2CCN(CC(O)c3ccc4c(c3)CCN4C(C)=O)CC2)c1. The van der Waals surface area contributed by atoms with Gasteiger partial charge in [0.2, 0.25) is 5.91 Å². The molecule has 2 heterocycles. The molecule has 1 atom stereocenters. The van der Waals surface area contributed by atoms with E-state index in [1.807, 2.05) is 29.2 Å². The summed E-state index contributed by atoms with van der Waals surface area (Å²) < 4.78 is 5.33. The largest absolute Gasteiger partial charge is 0.497 e. The van der Waals surface area contributed by atoms with Gasteiger partial charge in [0.1, 0.15) is 5.75 Å². The molecule has 4 rings (SSSR count). The molecule has 0 aromatic heterocycles. The molecule has 6 nitrogen and oxygen atoms in total. The third kappa shape index (κ3) is 4.23. The number of ether oxygens (including phenoxy) is 1. The van der Waals surface area contributed by atoms with E-state index in [2.05, 4.69) is 28.0 Å². The molecule has 1 unspecified atom stereocenters. The zero-order valence-corrected chi connectivity index (χ0v) is 17.2. The number of nitrogens with zero attached hydrogens (tertiary/aromatic N) is 3. The van der Waals surface area contributed by atoms with Crippen LogP contribution in [0.5, 0.6) is 5.75 Å². The van der Waals surface area contributed by atoms with E-state index in [0.717, 1.165) is 61.7 Å². The minimum absolute atomic E-state index is 0.0750. The topological polar surface area (TPSA) is 56.2 Å². The van der Waals surface area contributed by atoms with Crippen LogP contribution in [-0.2, 0) is 11.2 Å². The van der Waals surface area contributed by atoms with E-state index in [-0.39, 0.29) is 5.91 Å². The predicted molar refractivity (Wildman–Crippen MR) is 115 cm³/mol. The van der Waals surface area contributed by atoms with Crippen molar-refractivity contribution in [3.8, 4) is 5.75 Å². The number of amides is 1. The Morgan fingerprint density at radius 3 is 2.62 bits per heavy atom. The van der Waals surface area contributed by atoms with Gasteiger partial charge in [-0.15, -0.1) is 0 Å². The Hall–Kier alpha value is -2.57. The highest BCUT2D eigenvalue weighted by atomic mass is 16.5. The summed E-state index contributed by atoms with van der Waals surface area (Å²) >= 11 is 0. The van der Waals surface area contributed by atoms with Crippen LogP contribution in [0.1, 0.15) is 24.2 Å². The van der Waals surface area contributed by atoms with Crippen LogP contribution in [0.25, 0.3) is 0 Å². The van der Waals surface area contributed by atoms with Gasteiger partial charge in [0.15, 0.2) is 0 Å². The molecule has 0 bridgehead atoms. The third-order valence-electron chi connectivity index (χ3n) is 5.99. The molecular weight excluding hydrogens is 366 g/mol. The van der Waals surface area contributed by atoms with Crippen LogP contribution in [0.15, 0.2) is 42.5 Å². The number of aliphatic hydroxyl groups excluding tert-OH is 1. The second kappa shape index (κ2) is 8.43. The summed E-state index contributed by atoms with van der Waals surface area (Å²) in [6, 6.07) is 14.2. The summed E-state index contributed by atoms with van der Waals surface area (Å²) in [5.74, 6) is 0.950. The highest BCUT2D eigenvalue weighted by Gasteiger charge is 2.25. The number of aliphatic hydroxyl groups is 1. The zero-order chi connectivity index (χ0) is 20.4. The first-order chi connectivity index (χ1) is 14.0. The minimum atomic E-state index is -0.518. The lowest BCUT2D eigenvalue weighted by atomic mass is 10.0. The Morgan fingerprint density at radius 1 is 1.10 bits per heavy atom. The van der Waals surface area contributed by atoms with Gasteiger partial charge < -0.3 is 19.6 Å².